The molecule has 148 valence electrons. The van der Waals surface area contributed by atoms with Crippen LogP contribution in [-0.2, 0) is 15.8 Å². The average molecular weight is 408 g/mol. The zero-order valence-corrected chi connectivity index (χ0v) is 16.3. The van der Waals surface area contributed by atoms with Gasteiger partial charge in [0, 0.05) is 24.2 Å². The Balaban J connectivity index is 1.85. The fraction of sp³-hybridized carbons (Fsp3) is 0.450. The SMILES string of the molecule is CC1(C)CC(=O)C2=C(C1)N=C1SCCC(=O)N1[C@H]2c1ccc(C(F)(F)F)cc1. The predicted molar refractivity (Wildman–Crippen MR) is 101 cm³/mol. The normalized spacial score (nSPS) is 24.7. The van der Waals surface area contributed by atoms with Crippen molar-refractivity contribution in [3.63, 3.8) is 0 Å². The summed E-state index contributed by atoms with van der Waals surface area (Å²) in [5.74, 6) is 0.349. The van der Waals surface area contributed by atoms with Crippen molar-refractivity contribution in [1.82, 2.24) is 4.90 Å². The molecule has 2 aliphatic heterocycles. The van der Waals surface area contributed by atoms with Crippen molar-refractivity contribution in [3.05, 3.63) is 46.7 Å². The second kappa shape index (κ2) is 6.47. The van der Waals surface area contributed by atoms with Crippen LogP contribution in [0.25, 0.3) is 0 Å². The van der Waals surface area contributed by atoms with Crippen LogP contribution >= 0.6 is 11.8 Å². The molecule has 1 fully saturated rings. The fourth-order valence-corrected chi connectivity index (χ4v) is 4.97. The molecule has 0 saturated carbocycles. The van der Waals surface area contributed by atoms with Gasteiger partial charge in [0.1, 0.15) is 0 Å². The number of halogens is 3. The summed E-state index contributed by atoms with van der Waals surface area (Å²) >= 11 is 1.44. The van der Waals surface area contributed by atoms with Crippen LogP contribution in [0, 0.1) is 5.41 Å². The number of benzene rings is 1. The standard InChI is InChI=1S/C20H19F3N2O2S/c1-19(2)9-13-16(14(26)10-19)17(25-15(27)7-8-28-18(25)24-13)11-3-5-12(6-4-11)20(21,22)23/h3-6,17H,7-10H2,1-2H3/t17-/m0/s1. The Labute approximate surface area is 164 Å². The lowest BCUT2D eigenvalue weighted by Crippen LogP contribution is -2.47. The fourth-order valence-electron chi connectivity index (χ4n) is 3.99. The molecule has 8 heteroatoms. The first kappa shape index (κ1) is 19.2. The van der Waals surface area contributed by atoms with Crippen LogP contribution in [0.2, 0.25) is 0 Å². The lowest BCUT2D eigenvalue weighted by Gasteiger charge is -2.43. The van der Waals surface area contributed by atoms with E-state index in [1.807, 2.05) is 13.8 Å². The van der Waals surface area contributed by atoms with Gasteiger partial charge in [-0.1, -0.05) is 37.7 Å². The van der Waals surface area contributed by atoms with Crippen LogP contribution < -0.4 is 0 Å². The minimum Gasteiger partial charge on any atom is -0.294 e. The summed E-state index contributed by atoms with van der Waals surface area (Å²) in [6.07, 6.45) is -3.22. The maximum atomic E-state index is 13.0. The highest BCUT2D eigenvalue weighted by Gasteiger charge is 2.45. The highest BCUT2D eigenvalue weighted by molar-refractivity contribution is 8.14. The second-order valence-corrected chi connectivity index (χ2v) is 9.14. The second-order valence-electron chi connectivity index (χ2n) is 8.08. The largest absolute Gasteiger partial charge is 0.416 e. The number of carbonyl (C=O) groups is 2. The number of carbonyl (C=O) groups excluding carboxylic acids is 2. The van der Waals surface area contributed by atoms with Crippen LogP contribution in [0.1, 0.15) is 50.3 Å². The molecule has 1 aromatic carbocycles. The van der Waals surface area contributed by atoms with Gasteiger partial charge in [0.15, 0.2) is 11.0 Å². The molecule has 3 aliphatic rings. The molecule has 1 saturated heterocycles. The Morgan fingerprint density at radius 2 is 1.82 bits per heavy atom. The number of hydrogen-bond donors (Lipinski definition) is 0. The van der Waals surface area contributed by atoms with Crippen molar-refractivity contribution in [2.24, 2.45) is 10.4 Å². The molecule has 4 nitrogen and oxygen atoms in total. The monoisotopic (exact) mass is 408 g/mol. The molecular formula is C20H19F3N2O2S. The van der Waals surface area contributed by atoms with Crippen molar-refractivity contribution >= 4 is 28.6 Å². The predicted octanol–water partition coefficient (Wildman–Crippen LogP) is 4.72. The van der Waals surface area contributed by atoms with Crippen molar-refractivity contribution < 1.29 is 22.8 Å². The Bertz CT molecular complexity index is 916. The van der Waals surface area contributed by atoms with Gasteiger partial charge >= 0.3 is 6.18 Å². The molecule has 1 aromatic rings. The molecule has 4 rings (SSSR count). The van der Waals surface area contributed by atoms with Crippen LogP contribution in [0.15, 0.2) is 40.5 Å². The zero-order chi connectivity index (χ0) is 20.3. The molecular weight excluding hydrogens is 389 g/mol. The van der Waals surface area contributed by atoms with E-state index in [0.29, 0.717) is 47.0 Å². The van der Waals surface area contributed by atoms with Gasteiger partial charge in [0.05, 0.1) is 17.3 Å². The number of amides is 1. The number of Topliss-reactive ketones (excluding diaryl/α,β-unsaturated/α-hetero) is 1. The number of nitrogens with zero attached hydrogens (tertiary/aromatic N) is 2. The van der Waals surface area contributed by atoms with Crippen LogP contribution in [0.4, 0.5) is 13.2 Å². The first-order valence-corrected chi connectivity index (χ1v) is 10.0. The third-order valence-electron chi connectivity index (χ3n) is 5.23. The van der Waals surface area contributed by atoms with E-state index in [-0.39, 0.29) is 17.1 Å². The molecule has 1 atom stereocenters. The van der Waals surface area contributed by atoms with E-state index in [2.05, 4.69) is 4.99 Å². The van der Waals surface area contributed by atoms with Crippen molar-refractivity contribution in [2.45, 2.75) is 45.3 Å². The lowest BCUT2D eigenvalue weighted by atomic mass is 9.73. The Kier molecular flexibility index (Phi) is 4.45. The average Bonchev–Trinajstić information content (AvgIpc) is 2.58. The Morgan fingerprint density at radius 3 is 2.46 bits per heavy atom. The number of amidine groups is 1. The lowest BCUT2D eigenvalue weighted by molar-refractivity contribution is -0.137. The summed E-state index contributed by atoms with van der Waals surface area (Å²) in [5.41, 5.74) is 0.594. The first-order chi connectivity index (χ1) is 13.1. The summed E-state index contributed by atoms with van der Waals surface area (Å²) < 4.78 is 38.9. The van der Waals surface area contributed by atoms with E-state index in [0.717, 1.165) is 12.1 Å². The van der Waals surface area contributed by atoms with Crippen molar-refractivity contribution in [2.75, 3.05) is 5.75 Å². The zero-order valence-electron chi connectivity index (χ0n) is 15.5. The van der Waals surface area contributed by atoms with Gasteiger partial charge < -0.3 is 0 Å². The molecule has 2 heterocycles. The smallest absolute Gasteiger partial charge is 0.294 e. The Morgan fingerprint density at radius 1 is 1.14 bits per heavy atom. The van der Waals surface area contributed by atoms with Gasteiger partial charge in [0.2, 0.25) is 5.91 Å². The number of thioether (sulfide) groups is 1. The minimum absolute atomic E-state index is 0.0951. The molecule has 0 radical (unpaired) electrons. The molecule has 0 aromatic heterocycles. The highest BCUT2D eigenvalue weighted by atomic mass is 32.2. The van der Waals surface area contributed by atoms with Crippen LogP contribution in [0.3, 0.4) is 0 Å². The number of alkyl halides is 3. The van der Waals surface area contributed by atoms with Crippen LogP contribution in [-0.4, -0.2) is 27.5 Å². The number of ketones is 1. The molecule has 0 bridgehead atoms. The van der Waals surface area contributed by atoms with Crippen molar-refractivity contribution in [1.29, 1.82) is 0 Å². The quantitative estimate of drug-likeness (QED) is 0.675. The molecule has 0 spiro atoms. The van der Waals surface area contributed by atoms with Gasteiger partial charge in [-0.25, -0.2) is 4.99 Å². The van der Waals surface area contributed by atoms with E-state index in [1.165, 1.54) is 28.8 Å². The van der Waals surface area contributed by atoms with Gasteiger partial charge in [-0.2, -0.15) is 13.2 Å². The molecule has 1 amide bonds. The number of rotatable bonds is 1. The van der Waals surface area contributed by atoms with E-state index in [1.54, 1.807) is 0 Å². The summed E-state index contributed by atoms with van der Waals surface area (Å²) in [6, 6.07) is 4.01. The number of fused-ring (bicyclic) bond motifs is 1. The molecule has 0 N–H and O–H groups in total. The van der Waals surface area contributed by atoms with E-state index < -0.39 is 17.8 Å². The maximum absolute atomic E-state index is 13.0. The van der Waals surface area contributed by atoms with Gasteiger partial charge in [0.25, 0.3) is 0 Å². The third-order valence-corrected chi connectivity index (χ3v) is 6.19. The van der Waals surface area contributed by atoms with E-state index in [9.17, 15) is 22.8 Å². The van der Waals surface area contributed by atoms with Gasteiger partial charge in [-0.3, -0.25) is 14.5 Å². The van der Waals surface area contributed by atoms with Gasteiger partial charge in [-0.05, 0) is 29.5 Å². The van der Waals surface area contributed by atoms with E-state index >= 15 is 0 Å². The minimum atomic E-state index is -4.44. The Hall–Kier alpha value is -2.09. The van der Waals surface area contributed by atoms with Crippen LogP contribution in [0.5, 0.6) is 0 Å². The summed E-state index contributed by atoms with van der Waals surface area (Å²) in [5, 5.41) is 0.533. The maximum Gasteiger partial charge on any atom is 0.416 e. The van der Waals surface area contributed by atoms with E-state index in [4.69, 9.17) is 0 Å². The third kappa shape index (κ3) is 3.27. The topological polar surface area (TPSA) is 49.7 Å². The summed E-state index contributed by atoms with van der Waals surface area (Å²) in [6.45, 7) is 3.99. The number of aliphatic imine (C=N–C) groups is 1. The molecule has 1 aliphatic carbocycles. The first-order valence-electron chi connectivity index (χ1n) is 9.04. The summed E-state index contributed by atoms with van der Waals surface area (Å²) in [7, 11) is 0. The molecule has 0 unspecified atom stereocenters. The summed E-state index contributed by atoms with van der Waals surface area (Å²) in [4.78, 5) is 31.8. The number of allylic oxidation sites excluding steroid dienone is 1. The number of hydrogen-bond acceptors (Lipinski definition) is 4. The van der Waals surface area contributed by atoms with Gasteiger partial charge in [-0.15, -0.1) is 0 Å². The van der Waals surface area contributed by atoms with Crippen molar-refractivity contribution in [3.8, 4) is 0 Å². The highest BCUT2D eigenvalue weighted by Crippen LogP contribution is 2.48. The molecule has 28 heavy (non-hydrogen) atoms.